The second-order valence-corrected chi connectivity index (χ2v) is 4.98. The van der Waals surface area contributed by atoms with E-state index in [0.29, 0.717) is 16.0 Å². The zero-order valence-corrected chi connectivity index (χ0v) is 12.2. The molecule has 2 rings (SSSR count). The molecule has 0 aliphatic heterocycles. The molecule has 18 heavy (non-hydrogen) atoms. The summed E-state index contributed by atoms with van der Waals surface area (Å²) >= 11 is 6.29. The molecule has 1 heterocycles. The summed E-state index contributed by atoms with van der Waals surface area (Å²) in [5.74, 6) is 0.279. The van der Waals surface area contributed by atoms with E-state index in [2.05, 4.69) is 37.0 Å². The molecular weight excluding hydrogens is 368 g/mol. The number of carbonyl (C=O) groups excluding carboxylic acids is 1. The molecular formula is C11H8Br2N2O3. The summed E-state index contributed by atoms with van der Waals surface area (Å²) in [6, 6.07) is 6.81. The third kappa shape index (κ3) is 2.91. The van der Waals surface area contributed by atoms with Crippen LogP contribution in [0, 0.1) is 0 Å². The van der Waals surface area contributed by atoms with E-state index < -0.39 is 0 Å². The minimum atomic E-state index is -0.213. The minimum absolute atomic E-state index is 0.172. The summed E-state index contributed by atoms with van der Waals surface area (Å²) in [6.45, 7) is 0.172. The van der Waals surface area contributed by atoms with Crippen molar-refractivity contribution in [3.05, 3.63) is 46.1 Å². The molecule has 0 saturated carbocycles. The predicted molar refractivity (Wildman–Crippen MR) is 71.1 cm³/mol. The van der Waals surface area contributed by atoms with Crippen LogP contribution < -0.4 is 4.74 Å². The van der Waals surface area contributed by atoms with Gasteiger partial charge in [-0.2, -0.15) is 0 Å². The molecule has 0 atom stereocenters. The maximum absolute atomic E-state index is 11.4. The molecule has 2 aromatic rings. The van der Waals surface area contributed by atoms with Crippen molar-refractivity contribution in [3.8, 4) is 5.88 Å². The van der Waals surface area contributed by atoms with Gasteiger partial charge < -0.3 is 9.94 Å². The molecule has 0 fully saturated rings. The Hall–Kier alpha value is -1.34. The van der Waals surface area contributed by atoms with Crippen molar-refractivity contribution in [3.63, 3.8) is 0 Å². The summed E-state index contributed by atoms with van der Waals surface area (Å²) in [6.07, 6.45) is 1.35. The highest BCUT2D eigenvalue weighted by Crippen LogP contribution is 2.24. The van der Waals surface area contributed by atoms with Gasteiger partial charge in [0.2, 0.25) is 10.6 Å². The molecule has 0 bridgehead atoms. The molecule has 1 aromatic carbocycles. The van der Waals surface area contributed by atoms with Gasteiger partial charge in [0.15, 0.2) is 0 Å². The fourth-order valence-corrected chi connectivity index (χ4v) is 2.26. The van der Waals surface area contributed by atoms with E-state index in [-0.39, 0.29) is 17.2 Å². The number of nitrogens with zero attached hydrogens (tertiary/aromatic N) is 2. The number of hydrogen-bond donors (Lipinski definition) is 1. The second-order valence-electron chi connectivity index (χ2n) is 3.40. The molecule has 94 valence electrons. The van der Waals surface area contributed by atoms with Crippen LogP contribution in [0.1, 0.15) is 15.9 Å². The van der Waals surface area contributed by atoms with Crippen molar-refractivity contribution in [2.24, 2.45) is 0 Å². The van der Waals surface area contributed by atoms with Crippen molar-refractivity contribution in [1.82, 2.24) is 9.94 Å². The third-order valence-electron chi connectivity index (χ3n) is 2.25. The quantitative estimate of drug-likeness (QED) is 0.659. The number of aromatic nitrogens is 2. The molecule has 1 aromatic heterocycles. The smallest absolute Gasteiger partial charge is 0.236 e. The van der Waals surface area contributed by atoms with Crippen LogP contribution in [0.4, 0.5) is 0 Å². The zero-order valence-electron chi connectivity index (χ0n) is 9.01. The average Bonchev–Trinajstić information content (AvgIpc) is 2.73. The molecule has 0 aliphatic rings. The number of rotatable bonds is 4. The van der Waals surface area contributed by atoms with E-state index in [0.717, 1.165) is 4.47 Å². The Morgan fingerprint density at radius 3 is 2.83 bits per heavy atom. The van der Waals surface area contributed by atoms with E-state index in [1.54, 1.807) is 12.1 Å². The van der Waals surface area contributed by atoms with Gasteiger partial charge in [-0.3, -0.25) is 4.79 Å². The topological polar surface area (TPSA) is 64.3 Å². The number of carbonyl (C=O) groups is 1. The second kappa shape index (κ2) is 5.53. The van der Waals surface area contributed by atoms with Crippen LogP contribution >= 0.6 is 31.9 Å². The van der Waals surface area contributed by atoms with E-state index in [4.69, 9.17) is 9.94 Å². The van der Waals surface area contributed by atoms with Crippen molar-refractivity contribution in [2.45, 2.75) is 6.61 Å². The van der Waals surface area contributed by atoms with E-state index >= 15 is 0 Å². The Morgan fingerprint density at radius 2 is 2.22 bits per heavy atom. The monoisotopic (exact) mass is 374 g/mol. The Labute approximate surface area is 120 Å². The average molecular weight is 376 g/mol. The summed E-state index contributed by atoms with van der Waals surface area (Å²) in [7, 11) is 0. The zero-order chi connectivity index (χ0) is 13.1. The predicted octanol–water partition coefficient (Wildman–Crippen LogP) is 3.00. The van der Waals surface area contributed by atoms with Gasteiger partial charge in [-0.1, -0.05) is 33.2 Å². The summed E-state index contributed by atoms with van der Waals surface area (Å²) in [4.78, 5) is 12.1. The molecule has 5 nitrogen and oxygen atoms in total. The summed E-state index contributed by atoms with van der Waals surface area (Å²) < 4.78 is 5.95. The van der Waals surface area contributed by atoms with Crippen molar-refractivity contribution in [2.75, 3.05) is 0 Å². The first kappa shape index (κ1) is 13.1. The SMILES string of the molecule is O=C(Br)c1cccc(Br)c1COc1ccn(O)n1. The Morgan fingerprint density at radius 1 is 1.44 bits per heavy atom. The van der Waals surface area contributed by atoms with Crippen LogP contribution in [-0.2, 0) is 6.61 Å². The van der Waals surface area contributed by atoms with Crippen LogP contribution in [0.15, 0.2) is 34.9 Å². The van der Waals surface area contributed by atoms with E-state index in [1.807, 2.05) is 6.07 Å². The third-order valence-corrected chi connectivity index (χ3v) is 3.42. The first-order valence-corrected chi connectivity index (χ1v) is 6.51. The van der Waals surface area contributed by atoms with Gasteiger partial charge >= 0.3 is 0 Å². The fraction of sp³-hybridized carbons (Fsp3) is 0.0909. The van der Waals surface area contributed by atoms with Gasteiger partial charge in [0, 0.05) is 21.7 Å². The lowest BCUT2D eigenvalue weighted by molar-refractivity contribution is 0.109. The van der Waals surface area contributed by atoms with Gasteiger partial charge in [0.05, 0.1) is 6.20 Å². The van der Waals surface area contributed by atoms with E-state index in [1.165, 1.54) is 12.3 Å². The highest BCUT2D eigenvalue weighted by Gasteiger charge is 2.12. The number of benzene rings is 1. The van der Waals surface area contributed by atoms with Crippen molar-refractivity contribution in [1.29, 1.82) is 0 Å². The first-order valence-electron chi connectivity index (χ1n) is 4.93. The van der Waals surface area contributed by atoms with E-state index in [9.17, 15) is 4.79 Å². The summed E-state index contributed by atoms with van der Waals surface area (Å²) in [5.41, 5.74) is 1.24. The lowest BCUT2D eigenvalue weighted by atomic mass is 10.1. The molecule has 0 amide bonds. The summed E-state index contributed by atoms with van der Waals surface area (Å²) in [5, 5.41) is 12.7. The molecule has 0 spiro atoms. The first-order chi connectivity index (χ1) is 8.58. The lowest BCUT2D eigenvalue weighted by Crippen LogP contribution is -2.04. The Kier molecular flexibility index (Phi) is 4.03. The van der Waals surface area contributed by atoms with Gasteiger partial charge in [-0.25, -0.2) is 0 Å². The van der Waals surface area contributed by atoms with Crippen LogP contribution in [0.5, 0.6) is 5.88 Å². The molecule has 0 unspecified atom stereocenters. The largest absolute Gasteiger partial charge is 0.472 e. The van der Waals surface area contributed by atoms with Crippen LogP contribution in [0.2, 0.25) is 0 Å². The van der Waals surface area contributed by atoms with Crippen LogP contribution in [0.25, 0.3) is 0 Å². The Bertz CT molecular complexity index is 583. The molecule has 0 aliphatic carbocycles. The van der Waals surface area contributed by atoms with Crippen LogP contribution in [0.3, 0.4) is 0 Å². The molecule has 1 N–H and O–H groups in total. The maximum Gasteiger partial charge on any atom is 0.236 e. The minimum Gasteiger partial charge on any atom is -0.472 e. The molecule has 7 heteroatoms. The highest BCUT2D eigenvalue weighted by molar-refractivity contribution is 9.18. The van der Waals surface area contributed by atoms with Crippen LogP contribution in [-0.4, -0.2) is 19.8 Å². The molecule has 0 saturated heterocycles. The number of ether oxygens (including phenoxy) is 1. The fourth-order valence-electron chi connectivity index (χ4n) is 1.41. The Balaban J connectivity index is 2.20. The van der Waals surface area contributed by atoms with Gasteiger partial charge in [-0.05, 0) is 22.0 Å². The van der Waals surface area contributed by atoms with Gasteiger partial charge in [0.1, 0.15) is 6.61 Å². The highest BCUT2D eigenvalue weighted by atomic mass is 79.9. The van der Waals surface area contributed by atoms with Gasteiger partial charge in [0.25, 0.3) is 0 Å². The lowest BCUT2D eigenvalue weighted by Gasteiger charge is -2.09. The van der Waals surface area contributed by atoms with Gasteiger partial charge in [-0.15, -0.1) is 4.85 Å². The standard InChI is InChI=1S/C11H8Br2N2O3/c12-9-3-1-2-7(11(13)16)8(9)6-18-10-4-5-15(17)14-10/h1-5,17H,6H2. The maximum atomic E-state index is 11.4. The normalized spacial score (nSPS) is 10.3. The molecule has 0 radical (unpaired) electrons. The number of halogens is 2. The van der Waals surface area contributed by atoms with Crippen molar-refractivity contribution < 1.29 is 14.7 Å². The van der Waals surface area contributed by atoms with Crippen molar-refractivity contribution >= 4 is 36.6 Å². The number of hydrogen-bond acceptors (Lipinski definition) is 4.